The fraction of sp³-hybridized carbons (Fsp3) is 0.176. The molecule has 0 radical (unpaired) electrons. The molecule has 0 aliphatic heterocycles. The number of amides is 2. The molecular weight excluding hydrogens is 351 g/mol. The average molecular weight is 367 g/mol. The highest BCUT2D eigenvalue weighted by molar-refractivity contribution is 6.32. The minimum atomic E-state index is -0.644. The van der Waals surface area contributed by atoms with E-state index in [0.29, 0.717) is 11.4 Å². The van der Waals surface area contributed by atoms with Gasteiger partial charge in [0, 0.05) is 18.2 Å². The van der Waals surface area contributed by atoms with Gasteiger partial charge in [-0.3, -0.25) is 9.59 Å². The van der Waals surface area contributed by atoms with Crippen LogP contribution < -0.4 is 20.1 Å². The summed E-state index contributed by atoms with van der Waals surface area (Å²) < 4.78 is 24.2. The Morgan fingerprint density at radius 1 is 1.08 bits per heavy atom. The molecule has 0 unspecified atom stereocenters. The normalized spacial score (nSPS) is 10.1. The van der Waals surface area contributed by atoms with Crippen LogP contribution in [0.25, 0.3) is 0 Å². The Morgan fingerprint density at radius 3 is 2.40 bits per heavy atom. The molecule has 0 aliphatic rings. The highest BCUT2D eigenvalue weighted by Crippen LogP contribution is 2.36. The monoisotopic (exact) mass is 366 g/mol. The second-order valence-corrected chi connectivity index (χ2v) is 5.43. The first-order valence-corrected chi connectivity index (χ1v) is 7.53. The molecule has 25 heavy (non-hydrogen) atoms. The molecule has 0 aromatic heterocycles. The van der Waals surface area contributed by atoms with Crippen LogP contribution in [0.3, 0.4) is 0 Å². The van der Waals surface area contributed by atoms with Crippen molar-refractivity contribution in [2.75, 3.05) is 24.9 Å². The molecule has 0 heterocycles. The Bertz CT molecular complexity index is 827. The number of benzene rings is 2. The lowest BCUT2D eigenvalue weighted by Crippen LogP contribution is -2.14. The first-order chi connectivity index (χ1) is 11.8. The van der Waals surface area contributed by atoms with E-state index < -0.39 is 11.7 Å². The average Bonchev–Trinajstić information content (AvgIpc) is 2.56. The third-order valence-electron chi connectivity index (χ3n) is 3.23. The summed E-state index contributed by atoms with van der Waals surface area (Å²) in [6.45, 7) is 1.33. The van der Waals surface area contributed by atoms with Crippen molar-refractivity contribution < 1.29 is 23.5 Å². The summed E-state index contributed by atoms with van der Waals surface area (Å²) in [4.78, 5) is 23.5. The lowest BCUT2D eigenvalue weighted by molar-refractivity contribution is -0.114. The topological polar surface area (TPSA) is 76.7 Å². The Balaban J connectivity index is 2.31. The third-order valence-corrected chi connectivity index (χ3v) is 3.51. The largest absolute Gasteiger partial charge is 0.493 e. The summed E-state index contributed by atoms with van der Waals surface area (Å²) in [6, 6.07) is 6.66. The van der Waals surface area contributed by atoms with E-state index in [-0.39, 0.29) is 27.9 Å². The predicted molar refractivity (Wildman–Crippen MR) is 93.2 cm³/mol. The number of hydrogen-bond acceptors (Lipinski definition) is 4. The zero-order chi connectivity index (χ0) is 18.6. The lowest BCUT2D eigenvalue weighted by atomic mass is 10.1. The molecule has 0 fully saturated rings. The number of halogens is 2. The van der Waals surface area contributed by atoms with Gasteiger partial charge in [-0.15, -0.1) is 0 Å². The smallest absolute Gasteiger partial charge is 0.255 e. The van der Waals surface area contributed by atoms with Gasteiger partial charge in [-0.25, -0.2) is 4.39 Å². The Kier molecular flexibility index (Phi) is 5.82. The second kappa shape index (κ2) is 7.85. The van der Waals surface area contributed by atoms with Gasteiger partial charge in [0.1, 0.15) is 5.82 Å². The maximum atomic E-state index is 13.9. The summed E-state index contributed by atoms with van der Waals surface area (Å²) in [5.74, 6) is -0.988. The van der Waals surface area contributed by atoms with Crippen molar-refractivity contribution in [1.82, 2.24) is 0 Å². The molecule has 0 saturated heterocycles. The summed E-state index contributed by atoms with van der Waals surface area (Å²) in [5, 5.41) is 5.13. The van der Waals surface area contributed by atoms with Gasteiger partial charge in [0.25, 0.3) is 5.91 Å². The van der Waals surface area contributed by atoms with E-state index in [1.165, 1.54) is 45.4 Å². The van der Waals surface area contributed by atoms with Crippen LogP contribution in [0.15, 0.2) is 30.3 Å². The van der Waals surface area contributed by atoms with Crippen LogP contribution in [0.5, 0.6) is 11.5 Å². The Labute approximate surface area is 148 Å². The number of rotatable bonds is 5. The molecule has 2 amide bonds. The number of carbonyl (C=O) groups is 2. The molecule has 0 aliphatic carbocycles. The van der Waals surface area contributed by atoms with Gasteiger partial charge < -0.3 is 20.1 Å². The van der Waals surface area contributed by atoms with Crippen molar-refractivity contribution in [2.45, 2.75) is 6.92 Å². The number of nitrogens with one attached hydrogen (secondary N) is 2. The van der Waals surface area contributed by atoms with E-state index in [2.05, 4.69) is 10.6 Å². The molecule has 0 atom stereocenters. The number of hydrogen-bond donors (Lipinski definition) is 2. The summed E-state index contributed by atoms with van der Waals surface area (Å²) in [6.07, 6.45) is 0. The van der Waals surface area contributed by atoms with Crippen LogP contribution in [0.1, 0.15) is 17.3 Å². The number of methoxy groups -OCH3 is 2. The standard InChI is InChI=1S/C17H16ClFN2O4/c1-9(22)20-11-4-5-13(19)14(8-11)21-17(23)10-6-12(18)16(25-3)15(7-10)24-2/h4-8H,1-3H3,(H,20,22)(H,21,23). The molecule has 2 rings (SSSR count). The zero-order valence-corrected chi connectivity index (χ0v) is 14.5. The van der Waals surface area contributed by atoms with Gasteiger partial charge in [-0.1, -0.05) is 11.6 Å². The van der Waals surface area contributed by atoms with E-state index in [1.54, 1.807) is 0 Å². The summed E-state index contributed by atoms with van der Waals surface area (Å²) in [7, 11) is 2.83. The molecule has 2 aromatic carbocycles. The first kappa shape index (κ1) is 18.5. The van der Waals surface area contributed by atoms with Crippen molar-refractivity contribution in [1.29, 1.82) is 0 Å². The van der Waals surface area contributed by atoms with Crippen molar-refractivity contribution in [3.8, 4) is 11.5 Å². The molecule has 2 N–H and O–H groups in total. The number of anilines is 2. The van der Waals surface area contributed by atoms with Crippen LogP contribution in [0.2, 0.25) is 5.02 Å². The maximum Gasteiger partial charge on any atom is 0.255 e. The molecule has 132 valence electrons. The minimum absolute atomic E-state index is 0.0813. The Hall–Kier alpha value is -2.80. The van der Waals surface area contributed by atoms with Crippen LogP contribution in [-0.4, -0.2) is 26.0 Å². The zero-order valence-electron chi connectivity index (χ0n) is 13.8. The highest BCUT2D eigenvalue weighted by Gasteiger charge is 2.16. The van der Waals surface area contributed by atoms with Crippen molar-refractivity contribution in [3.05, 3.63) is 46.7 Å². The lowest BCUT2D eigenvalue weighted by Gasteiger charge is -2.13. The van der Waals surface area contributed by atoms with E-state index in [9.17, 15) is 14.0 Å². The van der Waals surface area contributed by atoms with Gasteiger partial charge in [0.05, 0.1) is 24.9 Å². The molecule has 2 aromatic rings. The number of ether oxygens (including phenoxy) is 2. The number of carbonyl (C=O) groups excluding carboxylic acids is 2. The molecule has 6 nitrogen and oxygen atoms in total. The van der Waals surface area contributed by atoms with Gasteiger partial charge in [-0.05, 0) is 30.3 Å². The quantitative estimate of drug-likeness (QED) is 0.845. The van der Waals surface area contributed by atoms with Crippen LogP contribution in [0.4, 0.5) is 15.8 Å². The van der Waals surface area contributed by atoms with Gasteiger partial charge in [0.15, 0.2) is 11.5 Å². The van der Waals surface area contributed by atoms with Crippen molar-refractivity contribution in [2.24, 2.45) is 0 Å². The van der Waals surface area contributed by atoms with Crippen LogP contribution in [0, 0.1) is 5.82 Å². The Morgan fingerprint density at radius 2 is 1.80 bits per heavy atom. The molecular formula is C17H16ClFN2O4. The van der Waals surface area contributed by atoms with E-state index >= 15 is 0 Å². The van der Waals surface area contributed by atoms with Crippen LogP contribution in [-0.2, 0) is 4.79 Å². The first-order valence-electron chi connectivity index (χ1n) is 7.15. The van der Waals surface area contributed by atoms with E-state index in [1.807, 2.05) is 0 Å². The van der Waals surface area contributed by atoms with E-state index in [4.69, 9.17) is 21.1 Å². The van der Waals surface area contributed by atoms with Gasteiger partial charge in [0.2, 0.25) is 5.91 Å². The van der Waals surface area contributed by atoms with Crippen LogP contribution >= 0.6 is 11.6 Å². The maximum absolute atomic E-state index is 13.9. The van der Waals surface area contributed by atoms with Gasteiger partial charge >= 0.3 is 0 Å². The molecule has 0 saturated carbocycles. The SMILES string of the molecule is COc1cc(C(=O)Nc2cc(NC(C)=O)ccc2F)cc(Cl)c1OC. The highest BCUT2D eigenvalue weighted by atomic mass is 35.5. The fourth-order valence-corrected chi connectivity index (χ4v) is 2.43. The fourth-order valence-electron chi connectivity index (χ4n) is 2.15. The van der Waals surface area contributed by atoms with Crippen molar-refractivity contribution in [3.63, 3.8) is 0 Å². The predicted octanol–water partition coefficient (Wildman–Crippen LogP) is 3.71. The minimum Gasteiger partial charge on any atom is -0.493 e. The summed E-state index contributed by atoms with van der Waals surface area (Å²) in [5.41, 5.74) is 0.434. The molecule has 8 heteroatoms. The van der Waals surface area contributed by atoms with Crippen molar-refractivity contribution >= 4 is 34.8 Å². The van der Waals surface area contributed by atoms with Gasteiger partial charge in [-0.2, -0.15) is 0 Å². The summed E-state index contributed by atoms with van der Waals surface area (Å²) >= 11 is 6.07. The second-order valence-electron chi connectivity index (χ2n) is 5.02. The molecule has 0 spiro atoms. The third kappa shape index (κ3) is 4.39. The molecule has 0 bridgehead atoms. The van der Waals surface area contributed by atoms with E-state index in [0.717, 1.165) is 6.07 Å².